The van der Waals surface area contributed by atoms with Gasteiger partial charge in [-0.1, -0.05) is 0 Å². The molecule has 0 unspecified atom stereocenters. The number of imidazole rings is 1. The van der Waals surface area contributed by atoms with Gasteiger partial charge < -0.3 is 28.8 Å². The number of urea groups is 1. The summed E-state index contributed by atoms with van der Waals surface area (Å²) in [6.45, 7) is 6.25. The van der Waals surface area contributed by atoms with Crippen molar-refractivity contribution in [2.45, 2.75) is 26.3 Å². The lowest BCUT2D eigenvalue weighted by Gasteiger charge is -2.28. The van der Waals surface area contributed by atoms with Gasteiger partial charge in [0.15, 0.2) is 0 Å². The highest BCUT2D eigenvalue weighted by molar-refractivity contribution is 5.75. The standard InChI is InChI=1S/C22H28N6O4/c1-4-28-15(2)17-12-16(19(30-3)13-25-17)18-14-27-8-6-23-20(27)21(26-18)32-10-5-9-31-11-7-24-22(28)29/h6,8,12-15H,4-5,7,9-11H2,1-3H3,(H,24,29)/t15-/m1/s1. The van der Waals surface area contributed by atoms with E-state index in [9.17, 15) is 4.79 Å². The maximum Gasteiger partial charge on any atom is 0.318 e. The molecule has 1 aliphatic heterocycles. The highest BCUT2D eigenvalue weighted by atomic mass is 16.5. The molecule has 0 saturated carbocycles. The number of rotatable bonds is 2. The van der Waals surface area contributed by atoms with E-state index < -0.39 is 0 Å². The monoisotopic (exact) mass is 440 g/mol. The smallest absolute Gasteiger partial charge is 0.318 e. The van der Waals surface area contributed by atoms with E-state index >= 15 is 0 Å². The molecule has 170 valence electrons. The van der Waals surface area contributed by atoms with E-state index in [0.29, 0.717) is 62.3 Å². The number of pyridine rings is 1. The number of hydrogen-bond donors (Lipinski definition) is 1. The van der Waals surface area contributed by atoms with E-state index in [-0.39, 0.29) is 12.1 Å². The fourth-order valence-corrected chi connectivity index (χ4v) is 3.70. The normalized spacial score (nSPS) is 18.0. The Balaban J connectivity index is 1.81. The minimum Gasteiger partial charge on any atom is -0.494 e. The van der Waals surface area contributed by atoms with Crippen LogP contribution in [0.15, 0.2) is 30.9 Å². The predicted octanol–water partition coefficient (Wildman–Crippen LogP) is 2.69. The first-order valence-corrected chi connectivity index (χ1v) is 10.8. The first kappa shape index (κ1) is 21.8. The number of nitrogens with one attached hydrogen (secondary N) is 1. The fraction of sp³-hybridized carbons (Fsp3) is 0.455. The molecule has 0 aliphatic carbocycles. The van der Waals surface area contributed by atoms with Gasteiger partial charge in [0, 0.05) is 50.3 Å². The summed E-state index contributed by atoms with van der Waals surface area (Å²) >= 11 is 0. The second kappa shape index (κ2) is 9.82. The zero-order chi connectivity index (χ0) is 22.5. The van der Waals surface area contributed by atoms with Crippen LogP contribution in [0.5, 0.6) is 11.6 Å². The summed E-state index contributed by atoms with van der Waals surface area (Å²) in [4.78, 5) is 28.1. The number of carbonyl (C=O) groups is 1. The summed E-state index contributed by atoms with van der Waals surface area (Å²) in [5, 5.41) is 2.92. The average Bonchev–Trinajstić information content (AvgIpc) is 3.29. The highest BCUT2D eigenvalue weighted by Crippen LogP contribution is 2.33. The molecule has 1 atom stereocenters. The molecule has 10 heteroatoms. The van der Waals surface area contributed by atoms with E-state index in [4.69, 9.17) is 19.2 Å². The second-order valence-corrected chi connectivity index (χ2v) is 7.41. The number of aromatic nitrogens is 4. The van der Waals surface area contributed by atoms with Gasteiger partial charge in [0.1, 0.15) is 5.75 Å². The lowest BCUT2D eigenvalue weighted by molar-refractivity contribution is 0.118. The number of nitrogens with zero attached hydrogens (tertiary/aromatic N) is 5. The van der Waals surface area contributed by atoms with Crippen LogP contribution in [0.1, 0.15) is 32.0 Å². The van der Waals surface area contributed by atoms with E-state index in [2.05, 4.69) is 15.3 Å². The molecule has 1 aliphatic rings. The molecule has 4 bridgehead atoms. The molecule has 0 aromatic carbocycles. The number of methoxy groups -OCH3 is 1. The van der Waals surface area contributed by atoms with Crippen molar-refractivity contribution in [1.82, 2.24) is 29.6 Å². The Labute approximate surface area is 186 Å². The third-order valence-electron chi connectivity index (χ3n) is 5.42. The van der Waals surface area contributed by atoms with Crippen molar-refractivity contribution in [2.24, 2.45) is 0 Å². The summed E-state index contributed by atoms with van der Waals surface area (Å²) < 4.78 is 19.0. The summed E-state index contributed by atoms with van der Waals surface area (Å²) in [6, 6.07) is 1.50. The van der Waals surface area contributed by atoms with Gasteiger partial charge in [0.2, 0.25) is 5.65 Å². The third kappa shape index (κ3) is 4.45. The molecule has 0 saturated heterocycles. The van der Waals surface area contributed by atoms with Gasteiger partial charge in [-0.05, 0) is 19.9 Å². The molecule has 4 rings (SSSR count). The molecule has 4 heterocycles. The molecule has 2 amide bonds. The Morgan fingerprint density at radius 1 is 1.28 bits per heavy atom. The first-order chi connectivity index (χ1) is 15.6. The summed E-state index contributed by atoms with van der Waals surface area (Å²) in [7, 11) is 1.60. The molecular formula is C22H28N6O4. The zero-order valence-corrected chi connectivity index (χ0v) is 18.6. The summed E-state index contributed by atoms with van der Waals surface area (Å²) in [6.07, 6.45) is 7.78. The van der Waals surface area contributed by atoms with Gasteiger partial charge in [-0.3, -0.25) is 4.98 Å². The molecular weight excluding hydrogens is 412 g/mol. The van der Waals surface area contributed by atoms with Crippen LogP contribution in [-0.4, -0.2) is 70.3 Å². The number of amides is 2. The van der Waals surface area contributed by atoms with E-state index in [1.165, 1.54) is 0 Å². The largest absolute Gasteiger partial charge is 0.494 e. The minimum atomic E-state index is -0.256. The molecule has 0 fully saturated rings. The van der Waals surface area contributed by atoms with Gasteiger partial charge in [-0.25, -0.2) is 14.8 Å². The van der Waals surface area contributed by atoms with Crippen LogP contribution in [0, 0.1) is 0 Å². The van der Waals surface area contributed by atoms with Crippen LogP contribution < -0.4 is 14.8 Å². The van der Waals surface area contributed by atoms with E-state index in [1.54, 1.807) is 24.4 Å². The van der Waals surface area contributed by atoms with Crippen LogP contribution in [0.25, 0.3) is 16.9 Å². The number of carbonyl (C=O) groups excluding carboxylic acids is 1. The Morgan fingerprint density at radius 2 is 2.16 bits per heavy atom. The van der Waals surface area contributed by atoms with Crippen LogP contribution in [0.4, 0.5) is 4.79 Å². The quantitative estimate of drug-likeness (QED) is 0.653. The van der Waals surface area contributed by atoms with Crippen molar-refractivity contribution in [2.75, 3.05) is 40.0 Å². The van der Waals surface area contributed by atoms with Gasteiger partial charge in [0.25, 0.3) is 5.88 Å². The van der Waals surface area contributed by atoms with Crippen LogP contribution in [0.2, 0.25) is 0 Å². The summed E-state index contributed by atoms with van der Waals surface area (Å²) in [5.74, 6) is 1.02. The molecule has 3 aromatic rings. The topological polar surface area (TPSA) is 103 Å². The summed E-state index contributed by atoms with van der Waals surface area (Å²) in [5.41, 5.74) is 2.79. The van der Waals surface area contributed by atoms with Crippen molar-refractivity contribution >= 4 is 11.7 Å². The Bertz CT molecular complexity index is 1090. The first-order valence-electron chi connectivity index (χ1n) is 10.8. The molecule has 32 heavy (non-hydrogen) atoms. The van der Waals surface area contributed by atoms with Crippen LogP contribution in [0.3, 0.4) is 0 Å². The van der Waals surface area contributed by atoms with Gasteiger partial charge >= 0.3 is 6.03 Å². The van der Waals surface area contributed by atoms with Gasteiger partial charge in [0.05, 0.1) is 44.0 Å². The number of fused-ring (bicyclic) bond motifs is 7. The van der Waals surface area contributed by atoms with Crippen LogP contribution in [-0.2, 0) is 4.74 Å². The van der Waals surface area contributed by atoms with Crippen molar-refractivity contribution in [3.63, 3.8) is 0 Å². The van der Waals surface area contributed by atoms with Crippen molar-refractivity contribution in [3.05, 3.63) is 36.5 Å². The van der Waals surface area contributed by atoms with Gasteiger partial charge in [-0.15, -0.1) is 0 Å². The lowest BCUT2D eigenvalue weighted by Crippen LogP contribution is -2.42. The molecule has 0 radical (unpaired) electrons. The van der Waals surface area contributed by atoms with Crippen LogP contribution >= 0.6 is 0 Å². The van der Waals surface area contributed by atoms with Crippen molar-refractivity contribution in [1.29, 1.82) is 0 Å². The second-order valence-electron chi connectivity index (χ2n) is 7.41. The molecule has 3 aromatic heterocycles. The maximum atomic E-state index is 12.7. The Hall–Kier alpha value is -3.40. The molecule has 10 nitrogen and oxygen atoms in total. The van der Waals surface area contributed by atoms with Crippen molar-refractivity contribution < 1.29 is 19.0 Å². The molecule has 0 spiro atoms. The maximum absolute atomic E-state index is 12.7. The number of hydrogen-bond acceptors (Lipinski definition) is 7. The predicted molar refractivity (Wildman–Crippen MR) is 118 cm³/mol. The van der Waals surface area contributed by atoms with E-state index in [0.717, 1.165) is 11.3 Å². The third-order valence-corrected chi connectivity index (χ3v) is 5.42. The van der Waals surface area contributed by atoms with Crippen molar-refractivity contribution in [3.8, 4) is 22.9 Å². The van der Waals surface area contributed by atoms with Gasteiger partial charge in [-0.2, -0.15) is 0 Å². The molecule has 1 N–H and O–H groups in total. The highest BCUT2D eigenvalue weighted by Gasteiger charge is 2.23. The minimum absolute atomic E-state index is 0.157. The van der Waals surface area contributed by atoms with E-state index in [1.807, 2.05) is 36.7 Å². The average molecular weight is 441 g/mol. The lowest BCUT2D eigenvalue weighted by atomic mass is 10.1. The Morgan fingerprint density at radius 3 is 2.97 bits per heavy atom. The fourth-order valence-electron chi connectivity index (χ4n) is 3.70. The number of ether oxygens (including phenoxy) is 3. The Kier molecular flexibility index (Phi) is 6.69. The zero-order valence-electron chi connectivity index (χ0n) is 18.6. The SMILES string of the molecule is CCN1C(=O)NCCOCCCOc2nc(cn3ccnc23)-c2cc(ncc2OC)[C@H]1C.